The Morgan fingerprint density at radius 2 is 1.34 bits per heavy atom. The first kappa shape index (κ1) is 22.4. The van der Waals surface area contributed by atoms with Crippen LogP contribution in [0.2, 0.25) is 0 Å². The Labute approximate surface area is 214 Å². The molecule has 1 spiro atoms. The van der Waals surface area contributed by atoms with Gasteiger partial charge in [-0.1, -0.05) is 0 Å². The molecule has 3 fully saturated rings. The molecule has 35 heavy (non-hydrogen) atoms. The molecule has 0 N–H and O–H groups in total. The van der Waals surface area contributed by atoms with Crippen molar-refractivity contribution < 1.29 is 0 Å². The van der Waals surface area contributed by atoms with Gasteiger partial charge in [-0.05, 0) is 0 Å². The fourth-order valence-electron chi connectivity index (χ4n) is 7.14. The van der Waals surface area contributed by atoms with Gasteiger partial charge in [-0.2, -0.15) is 0 Å². The number of anilines is 2. The van der Waals surface area contributed by atoms with E-state index in [1.54, 1.807) is 0 Å². The molecule has 6 nitrogen and oxygen atoms in total. The van der Waals surface area contributed by atoms with Crippen LogP contribution in [0.5, 0.6) is 0 Å². The summed E-state index contributed by atoms with van der Waals surface area (Å²) in [5, 5.41) is 22.1. The number of hydrogen-bond donors (Lipinski definition) is 0. The molecule has 2 atom stereocenters. The van der Waals surface area contributed by atoms with Gasteiger partial charge < -0.3 is 0 Å². The Morgan fingerprint density at radius 1 is 0.771 bits per heavy atom. The Balaban J connectivity index is 1.55. The summed E-state index contributed by atoms with van der Waals surface area (Å²) < 4.78 is 0.924. The van der Waals surface area contributed by atoms with Gasteiger partial charge in [0.15, 0.2) is 0 Å². The number of para-hydroxylation sites is 2. The maximum atomic E-state index is 11.1. The molecule has 6 rings (SSSR count). The zero-order chi connectivity index (χ0) is 24.1. The molecular formula is C28H28N6Se. The van der Waals surface area contributed by atoms with Gasteiger partial charge >= 0.3 is 215 Å². The minimum atomic E-state index is -0.854. The van der Waals surface area contributed by atoms with Crippen LogP contribution >= 0.6 is 0 Å². The molecular weight excluding hydrogens is 499 g/mol. The van der Waals surface area contributed by atoms with Crippen molar-refractivity contribution in [2.24, 2.45) is 21.2 Å². The van der Waals surface area contributed by atoms with E-state index in [0.717, 1.165) is 53.9 Å². The predicted octanol–water partition coefficient (Wildman–Crippen LogP) is 3.92. The van der Waals surface area contributed by atoms with Crippen LogP contribution in [0.15, 0.2) is 65.7 Å². The van der Waals surface area contributed by atoms with Gasteiger partial charge in [0.25, 0.3) is 0 Å². The Bertz CT molecular complexity index is 1260. The molecule has 0 amide bonds. The topological polar surface area (TPSA) is 69.7 Å². The van der Waals surface area contributed by atoms with Crippen LogP contribution in [0, 0.1) is 38.9 Å². The number of amidine groups is 1. The third-order valence-corrected chi connectivity index (χ3v) is 9.97. The van der Waals surface area contributed by atoms with Gasteiger partial charge in [-0.3, -0.25) is 0 Å². The maximum absolute atomic E-state index is 11.1. The summed E-state index contributed by atoms with van der Waals surface area (Å²) in [4.78, 5) is 11.8. The third-order valence-electron chi connectivity index (χ3n) is 8.77. The van der Waals surface area contributed by atoms with Crippen molar-refractivity contribution >= 4 is 37.3 Å². The van der Waals surface area contributed by atoms with Gasteiger partial charge in [-0.25, -0.2) is 0 Å². The van der Waals surface area contributed by atoms with Gasteiger partial charge in [0.2, 0.25) is 0 Å². The second-order valence-electron chi connectivity index (χ2n) is 10.2. The van der Waals surface area contributed by atoms with Crippen LogP contribution in [0.1, 0.15) is 32.1 Å². The summed E-state index contributed by atoms with van der Waals surface area (Å²) in [6.45, 7) is 2.23. The van der Waals surface area contributed by atoms with E-state index in [1.807, 2.05) is 36.4 Å². The van der Waals surface area contributed by atoms with Crippen molar-refractivity contribution in [1.29, 1.82) is 10.5 Å². The molecule has 176 valence electrons. The van der Waals surface area contributed by atoms with Crippen LogP contribution < -0.4 is 9.80 Å². The van der Waals surface area contributed by atoms with Gasteiger partial charge in [0.05, 0.1) is 0 Å². The average Bonchev–Trinajstić information content (AvgIpc) is 2.93. The number of piperidine rings is 2. The number of hydrogen-bond acceptors (Lipinski definition) is 6. The summed E-state index contributed by atoms with van der Waals surface area (Å²) in [6.07, 6.45) is 5.03. The summed E-state index contributed by atoms with van der Waals surface area (Å²) in [6, 6.07) is 26.1. The van der Waals surface area contributed by atoms with Gasteiger partial charge in [0, 0.05) is 0 Å². The van der Waals surface area contributed by atoms with Crippen LogP contribution in [-0.2, 0) is 0 Å². The molecule has 0 radical (unpaired) electrons. The molecule has 4 aliphatic rings. The first-order valence-corrected chi connectivity index (χ1v) is 13.3. The third kappa shape index (κ3) is 2.92. The van der Waals surface area contributed by atoms with Crippen molar-refractivity contribution in [3.8, 4) is 12.1 Å². The summed E-state index contributed by atoms with van der Waals surface area (Å²) >= 11 is 3.36. The number of nitriles is 2. The van der Waals surface area contributed by atoms with E-state index in [4.69, 9.17) is 4.99 Å². The molecule has 7 heteroatoms. The second kappa shape index (κ2) is 8.23. The molecule has 2 unspecified atom stereocenters. The van der Waals surface area contributed by atoms with E-state index < -0.39 is 16.2 Å². The van der Waals surface area contributed by atoms with Crippen LogP contribution in [0.3, 0.4) is 0 Å². The van der Waals surface area contributed by atoms with Crippen molar-refractivity contribution in [1.82, 2.24) is 4.90 Å². The monoisotopic (exact) mass is 528 g/mol. The van der Waals surface area contributed by atoms with E-state index in [-0.39, 0.29) is 0 Å². The molecule has 0 aromatic heterocycles. The molecule has 2 aromatic rings. The molecule has 3 heterocycles. The van der Waals surface area contributed by atoms with E-state index in [9.17, 15) is 10.5 Å². The summed E-state index contributed by atoms with van der Waals surface area (Å²) in [5.41, 5.74) is 0.0383. The molecule has 3 aliphatic heterocycles. The number of fused-ring (bicyclic) bond motifs is 2. The Kier molecular flexibility index (Phi) is 5.26. The number of benzene rings is 2. The normalized spacial score (nSPS) is 29.1. The van der Waals surface area contributed by atoms with Crippen molar-refractivity contribution in [2.75, 3.05) is 36.2 Å². The average molecular weight is 528 g/mol. The van der Waals surface area contributed by atoms with E-state index in [2.05, 4.69) is 66.7 Å². The van der Waals surface area contributed by atoms with Gasteiger partial charge in [0.1, 0.15) is 0 Å². The standard InChI is InChI=1S/C28H28N6Se/c29-16-26-18-32(22-10-4-1-5-11-22)19-27(17-30,28(26)14-8-3-9-15-28)25(35)34-21-33(20-31-24(26)34)23-12-6-2-7-13-23/h1-2,4-7,10-13H,3,8-9,14-15,18-21H2. The fourth-order valence-corrected chi connectivity index (χ4v) is 8.09. The zero-order valence-electron chi connectivity index (χ0n) is 19.7. The van der Waals surface area contributed by atoms with Crippen LogP contribution in [-0.4, -0.2) is 57.3 Å². The Hall–Kier alpha value is -3.12. The zero-order valence-corrected chi connectivity index (χ0v) is 21.4. The second-order valence-corrected chi connectivity index (χ2v) is 11.1. The van der Waals surface area contributed by atoms with E-state index in [0.29, 0.717) is 26.4 Å². The van der Waals surface area contributed by atoms with Crippen LogP contribution in [0.25, 0.3) is 0 Å². The first-order chi connectivity index (χ1) is 17.1. The quantitative estimate of drug-likeness (QED) is 0.554. The van der Waals surface area contributed by atoms with Crippen molar-refractivity contribution in [3.63, 3.8) is 0 Å². The van der Waals surface area contributed by atoms with E-state index >= 15 is 0 Å². The van der Waals surface area contributed by atoms with Crippen LogP contribution in [0.4, 0.5) is 11.4 Å². The molecule has 2 saturated heterocycles. The van der Waals surface area contributed by atoms with E-state index in [1.165, 1.54) is 0 Å². The molecule has 1 aliphatic carbocycles. The Morgan fingerprint density at radius 3 is 1.94 bits per heavy atom. The number of aliphatic imine (C=N–C) groups is 1. The van der Waals surface area contributed by atoms with Crippen molar-refractivity contribution in [3.05, 3.63) is 60.7 Å². The minimum absolute atomic E-state index is 0.447. The SMILES string of the molecule is N#CC12CN(c3ccccc3)CC(C#N)(C3=NCN(c4ccccc4)CN3C1=[Se])C21CCCCC1. The molecule has 2 aromatic carbocycles. The first-order valence-electron chi connectivity index (χ1n) is 12.4. The molecule has 1 saturated carbocycles. The van der Waals surface area contributed by atoms with Gasteiger partial charge in [-0.15, -0.1) is 0 Å². The summed E-state index contributed by atoms with van der Waals surface area (Å²) in [5.74, 6) is 0.842. The fraction of sp³-hybridized carbons (Fsp3) is 0.429. The number of nitrogens with zero attached hydrogens (tertiary/aromatic N) is 6. The van der Waals surface area contributed by atoms with Crippen molar-refractivity contribution in [2.45, 2.75) is 32.1 Å². The molecule has 2 bridgehead atoms. The summed E-state index contributed by atoms with van der Waals surface area (Å²) in [7, 11) is 0. The number of rotatable bonds is 2. The predicted molar refractivity (Wildman–Crippen MR) is 139 cm³/mol.